The molecule has 2 amide bonds. The van der Waals surface area contributed by atoms with Crippen molar-refractivity contribution in [1.29, 1.82) is 0 Å². The van der Waals surface area contributed by atoms with E-state index in [2.05, 4.69) is 20.2 Å². The average molecular weight is 378 g/mol. The van der Waals surface area contributed by atoms with Gasteiger partial charge < -0.3 is 20.1 Å². The van der Waals surface area contributed by atoms with Gasteiger partial charge in [0, 0.05) is 37.7 Å². The van der Waals surface area contributed by atoms with Crippen molar-refractivity contribution in [2.45, 2.75) is 70.9 Å². The molecule has 0 atom stereocenters. The number of aromatic amines is 1. The zero-order chi connectivity index (χ0) is 19.6. The first kappa shape index (κ1) is 21.4. The summed E-state index contributed by atoms with van der Waals surface area (Å²) in [5.74, 6) is 0.00836. The summed E-state index contributed by atoms with van der Waals surface area (Å²) < 4.78 is 0. The van der Waals surface area contributed by atoms with E-state index in [4.69, 9.17) is 0 Å². The Kier molecular flexibility index (Phi) is 8.78. The second-order valence-corrected chi connectivity index (χ2v) is 7.85. The molecule has 0 spiro atoms. The van der Waals surface area contributed by atoms with Crippen molar-refractivity contribution in [2.75, 3.05) is 27.2 Å². The lowest BCUT2D eigenvalue weighted by Gasteiger charge is -2.24. The van der Waals surface area contributed by atoms with E-state index >= 15 is 0 Å². The van der Waals surface area contributed by atoms with E-state index in [0.717, 1.165) is 30.8 Å². The van der Waals surface area contributed by atoms with Crippen LogP contribution in [0.1, 0.15) is 62.8 Å². The first-order valence-electron chi connectivity index (χ1n) is 10.2. The SMILES string of the molecule is Cc1[nH]cnc1CN(CCN(C)C)C(=O)CCC(=O)NC1CCCCCC1. The van der Waals surface area contributed by atoms with Gasteiger partial charge in [-0.3, -0.25) is 9.59 Å². The lowest BCUT2D eigenvalue weighted by atomic mass is 10.1. The number of imidazole rings is 1. The van der Waals surface area contributed by atoms with Gasteiger partial charge in [-0.05, 0) is 33.9 Å². The summed E-state index contributed by atoms with van der Waals surface area (Å²) >= 11 is 0. The second-order valence-electron chi connectivity index (χ2n) is 7.85. The van der Waals surface area contributed by atoms with Crippen molar-refractivity contribution >= 4 is 11.8 Å². The molecule has 0 aromatic carbocycles. The van der Waals surface area contributed by atoms with Gasteiger partial charge in [0.2, 0.25) is 11.8 Å². The van der Waals surface area contributed by atoms with E-state index in [0.29, 0.717) is 13.1 Å². The summed E-state index contributed by atoms with van der Waals surface area (Å²) in [6.45, 7) is 3.84. The Labute approximate surface area is 162 Å². The maximum Gasteiger partial charge on any atom is 0.223 e. The van der Waals surface area contributed by atoms with E-state index < -0.39 is 0 Å². The maximum absolute atomic E-state index is 12.7. The molecule has 0 bridgehead atoms. The second kappa shape index (κ2) is 11.1. The van der Waals surface area contributed by atoms with Crippen molar-refractivity contribution in [3.63, 3.8) is 0 Å². The van der Waals surface area contributed by atoms with Crippen molar-refractivity contribution in [3.8, 4) is 0 Å². The third-order valence-corrected chi connectivity index (χ3v) is 5.23. The van der Waals surface area contributed by atoms with E-state index in [1.165, 1.54) is 25.7 Å². The number of aryl methyl sites for hydroxylation is 1. The number of amides is 2. The molecule has 7 heteroatoms. The minimum atomic E-state index is -0.00115. The molecule has 1 aromatic rings. The Morgan fingerprint density at radius 1 is 1.15 bits per heavy atom. The Morgan fingerprint density at radius 2 is 1.85 bits per heavy atom. The zero-order valence-corrected chi connectivity index (χ0v) is 17.1. The smallest absolute Gasteiger partial charge is 0.223 e. The lowest BCUT2D eigenvalue weighted by molar-refractivity contribution is -0.134. The van der Waals surface area contributed by atoms with Crippen molar-refractivity contribution in [1.82, 2.24) is 25.1 Å². The van der Waals surface area contributed by atoms with Gasteiger partial charge in [0.15, 0.2) is 0 Å². The third-order valence-electron chi connectivity index (χ3n) is 5.23. The molecule has 1 fully saturated rings. The van der Waals surface area contributed by atoms with Crippen LogP contribution in [0.2, 0.25) is 0 Å². The van der Waals surface area contributed by atoms with Crippen LogP contribution in [-0.2, 0) is 16.1 Å². The maximum atomic E-state index is 12.7. The van der Waals surface area contributed by atoms with Crippen LogP contribution in [0.4, 0.5) is 0 Å². The normalized spacial score (nSPS) is 15.6. The number of H-pyrrole nitrogens is 1. The largest absolute Gasteiger partial charge is 0.353 e. The number of nitrogens with zero attached hydrogens (tertiary/aromatic N) is 3. The first-order valence-corrected chi connectivity index (χ1v) is 10.2. The van der Waals surface area contributed by atoms with Gasteiger partial charge in [-0.1, -0.05) is 25.7 Å². The van der Waals surface area contributed by atoms with Gasteiger partial charge in [0.25, 0.3) is 0 Å². The zero-order valence-electron chi connectivity index (χ0n) is 17.1. The van der Waals surface area contributed by atoms with Gasteiger partial charge in [0.1, 0.15) is 0 Å². The summed E-state index contributed by atoms with van der Waals surface area (Å²) in [5.41, 5.74) is 1.86. The van der Waals surface area contributed by atoms with Gasteiger partial charge >= 0.3 is 0 Å². The number of carbonyl (C=O) groups excluding carboxylic acids is 2. The lowest BCUT2D eigenvalue weighted by Crippen LogP contribution is -2.38. The van der Waals surface area contributed by atoms with Gasteiger partial charge in [-0.25, -0.2) is 4.98 Å². The number of nitrogens with one attached hydrogen (secondary N) is 2. The van der Waals surface area contributed by atoms with Crippen LogP contribution in [0.15, 0.2) is 6.33 Å². The molecular formula is C20H35N5O2. The van der Waals surface area contributed by atoms with Crippen molar-refractivity contribution in [2.24, 2.45) is 0 Å². The molecule has 2 N–H and O–H groups in total. The van der Waals surface area contributed by atoms with Crippen molar-refractivity contribution < 1.29 is 9.59 Å². The number of hydrogen-bond acceptors (Lipinski definition) is 4. The van der Waals surface area contributed by atoms with Gasteiger partial charge in [0.05, 0.1) is 18.6 Å². The number of carbonyl (C=O) groups is 2. The topological polar surface area (TPSA) is 81.3 Å². The Morgan fingerprint density at radius 3 is 2.44 bits per heavy atom. The van der Waals surface area contributed by atoms with Gasteiger partial charge in [-0.15, -0.1) is 0 Å². The molecule has 1 aliphatic carbocycles. The molecule has 1 heterocycles. The van der Waals surface area contributed by atoms with Crippen molar-refractivity contribution in [3.05, 3.63) is 17.7 Å². The van der Waals surface area contributed by atoms with E-state index in [9.17, 15) is 9.59 Å². The molecular weight excluding hydrogens is 342 g/mol. The molecule has 1 aliphatic rings. The molecule has 0 saturated heterocycles. The highest BCUT2D eigenvalue weighted by molar-refractivity contribution is 5.83. The number of likely N-dealkylation sites (N-methyl/N-ethyl adjacent to an activating group) is 1. The molecule has 1 aromatic heterocycles. The van der Waals surface area contributed by atoms with Crippen LogP contribution in [0.25, 0.3) is 0 Å². The Bertz CT molecular complexity index is 591. The van der Waals surface area contributed by atoms with E-state index in [1.54, 1.807) is 6.33 Å². The molecule has 0 aliphatic heterocycles. The minimum absolute atomic E-state index is 0.00115. The molecule has 7 nitrogen and oxygen atoms in total. The summed E-state index contributed by atoms with van der Waals surface area (Å²) in [7, 11) is 3.98. The molecule has 152 valence electrons. The fourth-order valence-corrected chi connectivity index (χ4v) is 3.44. The third kappa shape index (κ3) is 7.71. The fraction of sp³-hybridized carbons (Fsp3) is 0.750. The Balaban J connectivity index is 1.84. The molecule has 0 unspecified atom stereocenters. The number of aromatic nitrogens is 2. The van der Waals surface area contributed by atoms with Crippen LogP contribution in [-0.4, -0.2) is 64.8 Å². The highest BCUT2D eigenvalue weighted by Gasteiger charge is 2.19. The first-order chi connectivity index (χ1) is 13.0. The van der Waals surface area contributed by atoms with E-state index in [1.807, 2.05) is 25.9 Å². The summed E-state index contributed by atoms with van der Waals surface area (Å²) in [4.78, 5) is 36.2. The van der Waals surface area contributed by atoms with Crippen LogP contribution < -0.4 is 5.32 Å². The molecule has 27 heavy (non-hydrogen) atoms. The average Bonchev–Trinajstić information content (AvgIpc) is 2.86. The fourth-order valence-electron chi connectivity index (χ4n) is 3.44. The molecule has 2 rings (SSSR count). The summed E-state index contributed by atoms with van der Waals surface area (Å²) in [5, 5.41) is 3.12. The summed E-state index contributed by atoms with van der Waals surface area (Å²) in [6, 6.07) is 0.284. The van der Waals surface area contributed by atoms with Crippen LogP contribution in [0, 0.1) is 6.92 Å². The quantitative estimate of drug-likeness (QED) is 0.647. The number of hydrogen-bond donors (Lipinski definition) is 2. The standard InChI is InChI=1S/C20H35N5O2/c1-16-18(22-15-21-16)14-25(13-12-24(2)3)20(27)11-10-19(26)23-17-8-6-4-5-7-9-17/h15,17H,4-14H2,1-3H3,(H,21,22)(H,23,26). The van der Waals surface area contributed by atoms with Crippen LogP contribution in [0.5, 0.6) is 0 Å². The monoisotopic (exact) mass is 377 g/mol. The predicted octanol–water partition coefficient (Wildman–Crippen LogP) is 2.23. The van der Waals surface area contributed by atoms with Gasteiger partial charge in [-0.2, -0.15) is 0 Å². The molecule has 0 radical (unpaired) electrons. The number of rotatable bonds is 9. The predicted molar refractivity (Wildman–Crippen MR) is 106 cm³/mol. The Hall–Kier alpha value is -1.89. The summed E-state index contributed by atoms with van der Waals surface area (Å²) in [6.07, 6.45) is 9.18. The highest BCUT2D eigenvalue weighted by Crippen LogP contribution is 2.17. The minimum Gasteiger partial charge on any atom is -0.353 e. The highest BCUT2D eigenvalue weighted by atomic mass is 16.2. The molecule has 1 saturated carbocycles. The van der Waals surface area contributed by atoms with E-state index in [-0.39, 0.29) is 30.7 Å². The van der Waals surface area contributed by atoms with Crippen LogP contribution >= 0.6 is 0 Å². The van der Waals surface area contributed by atoms with Crippen LogP contribution in [0.3, 0.4) is 0 Å².